The van der Waals surface area contributed by atoms with Gasteiger partial charge in [0, 0.05) is 18.5 Å². The van der Waals surface area contributed by atoms with E-state index in [0.29, 0.717) is 13.0 Å². The molecule has 1 aliphatic heterocycles. The molecule has 19 heavy (non-hydrogen) atoms. The molecule has 98 valence electrons. The Bertz CT molecular complexity index is 638. The number of aliphatic carboxylic acids is 1. The number of carboxylic acids is 1. The molecular formula is C14H15N3O2. The van der Waals surface area contributed by atoms with Gasteiger partial charge in [-0.3, -0.25) is 4.79 Å². The quantitative estimate of drug-likeness (QED) is 0.890. The molecule has 5 nitrogen and oxygen atoms in total. The van der Waals surface area contributed by atoms with Crippen LogP contribution in [0.5, 0.6) is 0 Å². The van der Waals surface area contributed by atoms with Crippen molar-refractivity contribution in [2.24, 2.45) is 5.41 Å². The number of anilines is 1. The van der Waals surface area contributed by atoms with Crippen LogP contribution >= 0.6 is 0 Å². The maximum absolute atomic E-state index is 11.3. The topological polar surface area (TPSA) is 66.3 Å². The minimum Gasteiger partial charge on any atom is -0.481 e. The normalized spacial score (nSPS) is 22.9. The summed E-state index contributed by atoms with van der Waals surface area (Å²) in [5.41, 5.74) is 1.13. The molecule has 1 aromatic heterocycles. The van der Waals surface area contributed by atoms with Gasteiger partial charge in [0.15, 0.2) is 0 Å². The van der Waals surface area contributed by atoms with Crippen LogP contribution < -0.4 is 4.90 Å². The summed E-state index contributed by atoms with van der Waals surface area (Å²) < 4.78 is 0. The van der Waals surface area contributed by atoms with Crippen LogP contribution in [0.4, 0.5) is 5.69 Å². The molecule has 0 bridgehead atoms. The lowest BCUT2D eigenvalue weighted by molar-refractivity contribution is -0.146. The highest BCUT2D eigenvalue weighted by atomic mass is 16.4. The van der Waals surface area contributed by atoms with E-state index in [2.05, 4.69) is 15.1 Å². The van der Waals surface area contributed by atoms with Crippen molar-refractivity contribution >= 4 is 22.6 Å². The van der Waals surface area contributed by atoms with Crippen molar-refractivity contribution in [1.82, 2.24) is 10.2 Å². The van der Waals surface area contributed by atoms with Gasteiger partial charge in [-0.25, -0.2) is 0 Å². The summed E-state index contributed by atoms with van der Waals surface area (Å²) in [4.78, 5) is 13.4. The molecule has 5 heteroatoms. The van der Waals surface area contributed by atoms with Crippen molar-refractivity contribution in [2.75, 3.05) is 18.0 Å². The first-order valence-electron chi connectivity index (χ1n) is 6.29. The van der Waals surface area contributed by atoms with Gasteiger partial charge in [0.05, 0.1) is 22.8 Å². The molecule has 0 saturated carbocycles. The van der Waals surface area contributed by atoms with Crippen LogP contribution in [0.15, 0.2) is 30.5 Å². The number of fused-ring (bicyclic) bond motifs is 1. The molecule has 0 spiro atoms. The summed E-state index contributed by atoms with van der Waals surface area (Å²) in [6.45, 7) is 3.04. The predicted octanol–water partition coefficient (Wildman–Crippen LogP) is 1.93. The van der Waals surface area contributed by atoms with E-state index in [-0.39, 0.29) is 0 Å². The fourth-order valence-corrected chi connectivity index (χ4v) is 2.59. The Kier molecular flexibility index (Phi) is 2.62. The van der Waals surface area contributed by atoms with Gasteiger partial charge >= 0.3 is 5.97 Å². The van der Waals surface area contributed by atoms with Gasteiger partial charge in [-0.05, 0) is 19.4 Å². The zero-order valence-corrected chi connectivity index (χ0v) is 10.7. The summed E-state index contributed by atoms with van der Waals surface area (Å²) >= 11 is 0. The van der Waals surface area contributed by atoms with E-state index in [4.69, 9.17) is 0 Å². The SMILES string of the molecule is CC1(C(=O)O)CCN(c2cnnc3ccccc23)C1. The summed E-state index contributed by atoms with van der Waals surface area (Å²) in [5, 5.41) is 18.4. The number of hydrogen-bond donors (Lipinski definition) is 1. The third-order valence-corrected chi connectivity index (χ3v) is 3.86. The van der Waals surface area contributed by atoms with E-state index in [1.165, 1.54) is 0 Å². The molecule has 1 atom stereocenters. The Labute approximate surface area is 110 Å². The van der Waals surface area contributed by atoms with Gasteiger partial charge in [-0.2, -0.15) is 10.2 Å². The van der Waals surface area contributed by atoms with Gasteiger partial charge < -0.3 is 10.0 Å². The molecule has 2 heterocycles. The number of aromatic nitrogens is 2. The van der Waals surface area contributed by atoms with E-state index < -0.39 is 11.4 Å². The van der Waals surface area contributed by atoms with Crippen LogP contribution in [0, 0.1) is 5.41 Å². The van der Waals surface area contributed by atoms with Crippen molar-refractivity contribution in [3.63, 3.8) is 0 Å². The zero-order chi connectivity index (χ0) is 13.5. The van der Waals surface area contributed by atoms with Crippen LogP contribution in [0.3, 0.4) is 0 Å². The van der Waals surface area contributed by atoms with Crippen molar-refractivity contribution in [3.05, 3.63) is 30.5 Å². The molecule has 2 aromatic rings. The van der Waals surface area contributed by atoms with Crippen LogP contribution in [0.1, 0.15) is 13.3 Å². The van der Waals surface area contributed by atoms with Gasteiger partial charge in [-0.1, -0.05) is 18.2 Å². The Morgan fingerprint density at radius 2 is 2.21 bits per heavy atom. The fraction of sp³-hybridized carbons (Fsp3) is 0.357. The van der Waals surface area contributed by atoms with Gasteiger partial charge in [0.25, 0.3) is 0 Å². The monoisotopic (exact) mass is 257 g/mol. The Hall–Kier alpha value is -2.17. The first-order chi connectivity index (χ1) is 9.10. The molecule has 1 fully saturated rings. The van der Waals surface area contributed by atoms with E-state index >= 15 is 0 Å². The molecule has 0 radical (unpaired) electrons. The summed E-state index contributed by atoms with van der Waals surface area (Å²) in [6.07, 6.45) is 2.37. The van der Waals surface area contributed by atoms with E-state index in [0.717, 1.165) is 23.1 Å². The van der Waals surface area contributed by atoms with Crippen molar-refractivity contribution in [2.45, 2.75) is 13.3 Å². The molecular weight excluding hydrogens is 242 g/mol. The molecule has 0 aliphatic carbocycles. The summed E-state index contributed by atoms with van der Waals surface area (Å²) in [6, 6.07) is 7.79. The average molecular weight is 257 g/mol. The first kappa shape index (κ1) is 11.9. The van der Waals surface area contributed by atoms with Crippen LogP contribution in [0.2, 0.25) is 0 Å². The summed E-state index contributed by atoms with van der Waals surface area (Å²) in [5.74, 6) is -0.735. The standard InChI is InChI=1S/C14H15N3O2/c1-14(13(18)19)6-7-17(9-14)12-8-15-16-11-5-3-2-4-10(11)12/h2-5,8H,6-7,9H2,1H3,(H,18,19). The molecule has 1 N–H and O–H groups in total. The second kappa shape index (κ2) is 4.19. The second-order valence-corrected chi connectivity index (χ2v) is 5.28. The molecule has 1 unspecified atom stereocenters. The first-order valence-corrected chi connectivity index (χ1v) is 6.29. The number of carboxylic acid groups (broad SMARTS) is 1. The molecule has 1 aromatic carbocycles. The van der Waals surface area contributed by atoms with Crippen molar-refractivity contribution < 1.29 is 9.90 Å². The molecule has 0 amide bonds. The largest absolute Gasteiger partial charge is 0.481 e. The lowest BCUT2D eigenvalue weighted by Crippen LogP contribution is -2.31. The Morgan fingerprint density at radius 1 is 1.42 bits per heavy atom. The Morgan fingerprint density at radius 3 is 2.95 bits per heavy atom. The van der Waals surface area contributed by atoms with Gasteiger partial charge in [0.1, 0.15) is 0 Å². The highest BCUT2D eigenvalue weighted by molar-refractivity contribution is 5.91. The van der Waals surface area contributed by atoms with E-state index in [1.807, 2.05) is 24.3 Å². The van der Waals surface area contributed by atoms with Crippen LogP contribution in [-0.2, 0) is 4.79 Å². The Balaban J connectivity index is 2.01. The van der Waals surface area contributed by atoms with Gasteiger partial charge in [0.2, 0.25) is 0 Å². The van der Waals surface area contributed by atoms with Crippen molar-refractivity contribution in [1.29, 1.82) is 0 Å². The number of rotatable bonds is 2. The number of nitrogens with zero attached hydrogens (tertiary/aromatic N) is 3. The van der Waals surface area contributed by atoms with E-state index in [9.17, 15) is 9.90 Å². The lowest BCUT2D eigenvalue weighted by Gasteiger charge is -2.22. The van der Waals surface area contributed by atoms with Crippen molar-refractivity contribution in [3.8, 4) is 0 Å². The number of carbonyl (C=O) groups is 1. The molecule has 3 rings (SSSR count). The number of benzene rings is 1. The maximum Gasteiger partial charge on any atom is 0.311 e. The van der Waals surface area contributed by atoms with Gasteiger partial charge in [-0.15, -0.1) is 0 Å². The zero-order valence-electron chi connectivity index (χ0n) is 10.7. The fourth-order valence-electron chi connectivity index (χ4n) is 2.59. The highest BCUT2D eigenvalue weighted by Gasteiger charge is 2.40. The third kappa shape index (κ3) is 1.91. The van der Waals surface area contributed by atoms with Crippen LogP contribution in [-0.4, -0.2) is 34.4 Å². The smallest absolute Gasteiger partial charge is 0.311 e. The second-order valence-electron chi connectivity index (χ2n) is 5.28. The molecule has 1 saturated heterocycles. The minimum atomic E-state index is -0.735. The lowest BCUT2D eigenvalue weighted by atomic mass is 9.90. The third-order valence-electron chi connectivity index (χ3n) is 3.86. The van der Waals surface area contributed by atoms with E-state index in [1.54, 1.807) is 13.1 Å². The van der Waals surface area contributed by atoms with Crippen LogP contribution in [0.25, 0.3) is 10.9 Å². The maximum atomic E-state index is 11.3. The summed E-state index contributed by atoms with van der Waals surface area (Å²) in [7, 11) is 0. The molecule has 1 aliphatic rings. The predicted molar refractivity (Wildman–Crippen MR) is 72.1 cm³/mol. The highest BCUT2D eigenvalue weighted by Crippen LogP contribution is 2.35. The number of hydrogen-bond acceptors (Lipinski definition) is 4. The average Bonchev–Trinajstić information content (AvgIpc) is 2.82. The minimum absolute atomic E-state index is 0.512.